The van der Waals surface area contributed by atoms with Crippen LogP contribution in [0, 0.1) is 0 Å². The number of carbonyl (C=O) groups excluding carboxylic acids is 1. The summed E-state index contributed by atoms with van der Waals surface area (Å²) in [6, 6.07) is 5.08. The minimum Gasteiger partial charge on any atom is -0.397 e. The Bertz CT molecular complexity index is 385. The highest BCUT2D eigenvalue weighted by Crippen LogP contribution is 2.38. The zero-order valence-electron chi connectivity index (χ0n) is 7.16. The SMILES string of the molecule is CC1(O)C(=O)Nc2c(N)cccc21. The van der Waals surface area contributed by atoms with Crippen LogP contribution in [-0.2, 0) is 10.4 Å². The molecule has 13 heavy (non-hydrogen) atoms. The van der Waals surface area contributed by atoms with Gasteiger partial charge in [0.15, 0.2) is 5.60 Å². The molecule has 0 fully saturated rings. The van der Waals surface area contributed by atoms with Gasteiger partial charge in [-0.3, -0.25) is 4.79 Å². The van der Waals surface area contributed by atoms with Gasteiger partial charge in [0.2, 0.25) is 0 Å². The molecule has 0 aliphatic carbocycles. The highest BCUT2D eigenvalue weighted by Gasteiger charge is 2.41. The standard InChI is InChI=1S/C9H10N2O2/c1-9(13)5-3-2-4-6(10)7(5)11-8(9)12/h2-4,13H,10H2,1H3,(H,11,12). The number of benzene rings is 1. The topological polar surface area (TPSA) is 75.3 Å². The average Bonchev–Trinajstić information content (AvgIpc) is 2.28. The number of hydrogen-bond acceptors (Lipinski definition) is 3. The van der Waals surface area contributed by atoms with E-state index in [0.29, 0.717) is 16.9 Å². The summed E-state index contributed by atoms with van der Waals surface area (Å²) in [5.41, 5.74) is 5.72. The Morgan fingerprint density at radius 3 is 2.85 bits per heavy atom. The van der Waals surface area contributed by atoms with Gasteiger partial charge < -0.3 is 16.2 Å². The van der Waals surface area contributed by atoms with Crippen molar-refractivity contribution in [3.63, 3.8) is 0 Å². The molecule has 68 valence electrons. The minimum atomic E-state index is -1.45. The molecule has 0 aromatic heterocycles. The molecular weight excluding hydrogens is 168 g/mol. The van der Waals surface area contributed by atoms with Gasteiger partial charge in [0.1, 0.15) is 0 Å². The van der Waals surface area contributed by atoms with Gasteiger partial charge in [0.25, 0.3) is 5.91 Å². The molecule has 1 aliphatic heterocycles. The molecule has 0 saturated carbocycles. The number of nitrogens with two attached hydrogens (primary N) is 1. The molecule has 1 heterocycles. The molecule has 1 aromatic rings. The summed E-state index contributed by atoms with van der Waals surface area (Å²) in [6.45, 7) is 1.45. The van der Waals surface area contributed by atoms with E-state index in [1.807, 2.05) is 0 Å². The number of fused-ring (bicyclic) bond motifs is 1. The lowest BCUT2D eigenvalue weighted by atomic mass is 9.97. The van der Waals surface area contributed by atoms with Crippen molar-refractivity contribution in [2.24, 2.45) is 0 Å². The van der Waals surface area contributed by atoms with Crippen molar-refractivity contribution in [3.8, 4) is 0 Å². The van der Waals surface area contributed by atoms with E-state index in [1.54, 1.807) is 18.2 Å². The Kier molecular flexibility index (Phi) is 1.38. The lowest BCUT2D eigenvalue weighted by molar-refractivity contribution is -0.131. The van der Waals surface area contributed by atoms with Crippen LogP contribution >= 0.6 is 0 Å². The predicted molar refractivity (Wildman–Crippen MR) is 49.1 cm³/mol. The lowest BCUT2D eigenvalue weighted by Gasteiger charge is -2.13. The van der Waals surface area contributed by atoms with Crippen molar-refractivity contribution in [2.45, 2.75) is 12.5 Å². The van der Waals surface area contributed by atoms with E-state index in [1.165, 1.54) is 6.92 Å². The normalized spacial score (nSPS) is 25.5. The number of amides is 1. The molecule has 2 rings (SSSR count). The Morgan fingerprint density at radius 2 is 2.23 bits per heavy atom. The molecule has 4 N–H and O–H groups in total. The first-order valence-corrected chi connectivity index (χ1v) is 3.96. The molecular formula is C9H10N2O2. The van der Waals surface area contributed by atoms with E-state index >= 15 is 0 Å². The van der Waals surface area contributed by atoms with E-state index in [-0.39, 0.29) is 0 Å². The lowest BCUT2D eigenvalue weighted by Crippen LogP contribution is -2.30. The molecule has 4 nitrogen and oxygen atoms in total. The highest BCUT2D eigenvalue weighted by molar-refractivity contribution is 6.07. The van der Waals surface area contributed by atoms with Crippen LogP contribution in [-0.4, -0.2) is 11.0 Å². The second-order valence-corrected chi connectivity index (χ2v) is 3.30. The number of nitrogens with one attached hydrogen (secondary N) is 1. The third-order valence-corrected chi connectivity index (χ3v) is 2.30. The first kappa shape index (κ1) is 8.07. The van der Waals surface area contributed by atoms with Gasteiger partial charge >= 0.3 is 0 Å². The van der Waals surface area contributed by atoms with Gasteiger partial charge in [0, 0.05) is 5.56 Å². The second kappa shape index (κ2) is 2.23. The summed E-state index contributed by atoms with van der Waals surface area (Å²) in [7, 11) is 0. The van der Waals surface area contributed by atoms with Crippen LogP contribution in [0.4, 0.5) is 11.4 Å². The first-order chi connectivity index (χ1) is 6.03. The van der Waals surface area contributed by atoms with E-state index in [4.69, 9.17) is 5.73 Å². The molecule has 0 spiro atoms. The quantitative estimate of drug-likeness (QED) is 0.504. The van der Waals surface area contributed by atoms with Crippen LogP contribution in [0.2, 0.25) is 0 Å². The number of rotatable bonds is 0. The molecule has 1 atom stereocenters. The van der Waals surface area contributed by atoms with E-state index in [2.05, 4.69) is 5.32 Å². The molecule has 1 aromatic carbocycles. The van der Waals surface area contributed by atoms with Crippen molar-refractivity contribution in [1.29, 1.82) is 0 Å². The fourth-order valence-electron chi connectivity index (χ4n) is 1.47. The Hall–Kier alpha value is -1.55. The Labute approximate surface area is 75.4 Å². The fraction of sp³-hybridized carbons (Fsp3) is 0.222. The average molecular weight is 178 g/mol. The van der Waals surface area contributed by atoms with Crippen molar-refractivity contribution < 1.29 is 9.90 Å². The molecule has 1 aliphatic rings. The van der Waals surface area contributed by atoms with Crippen LogP contribution < -0.4 is 11.1 Å². The third-order valence-electron chi connectivity index (χ3n) is 2.30. The van der Waals surface area contributed by atoms with Gasteiger partial charge in [-0.1, -0.05) is 12.1 Å². The highest BCUT2D eigenvalue weighted by atomic mass is 16.3. The summed E-state index contributed by atoms with van der Waals surface area (Å²) in [4.78, 5) is 11.3. The Morgan fingerprint density at radius 1 is 1.54 bits per heavy atom. The number of anilines is 2. The summed E-state index contributed by atoms with van der Waals surface area (Å²) in [5.74, 6) is -0.430. The largest absolute Gasteiger partial charge is 0.397 e. The molecule has 1 unspecified atom stereocenters. The molecule has 0 bridgehead atoms. The number of nitrogen functional groups attached to an aromatic ring is 1. The summed E-state index contributed by atoms with van der Waals surface area (Å²) >= 11 is 0. The second-order valence-electron chi connectivity index (χ2n) is 3.30. The number of carbonyl (C=O) groups is 1. The predicted octanol–water partition coefficient (Wildman–Crippen LogP) is 0.428. The monoisotopic (exact) mass is 178 g/mol. The van der Waals surface area contributed by atoms with Gasteiger partial charge in [-0.15, -0.1) is 0 Å². The zero-order chi connectivity index (χ0) is 9.64. The molecule has 0 radical (unpaired) electrons. The zero-order valence-corrected chi connectivity index (χ0v) is 7.16. The number of para-hydroxylation sites is 1. The minimum absolute atomic E-state index is 0.430. The van der Waals surface area contributed by atoms with Gasteiger partial charge in [0.05, 0.1) is 11.4 Å². The molecule has 4 heteroatoms. The fourth-order valence-corrected chi connectivity index (χ4v) is 1.47. The maximum absolute atomic E-state index is 11.3. The van der Waals surface area contributed by atoms with Gasteiger partial charge in [-0.25, -0.2) is 0 Å². The van der Waals surface area contributed by atoms with Crippen molar-refractivity contribution in [2.75, 3.05) is 11.1 Å². The number of aliphatic hydroxyl groups is 1. The summed E-state index contributed by atoms with van der Waals surface area (Å²) in [6.07, 6.45) is 0. The smallest absolute Gasteiger partial charge is 0.260 e. The number of hydrogen-bond donors (Lipinski definition) is 3. The van der Waals surface area contributed by atoms with E-state index in [9.17, 15) is 9.90 Å². The van der Waals surface area contributed by atoms with Crippen LogP contribution in [0.5, 0.6) is 0 Å². The first-order valence-electron chi connectivity index (χ1n) is 3.96. The van der Waals surface area contributed by atoms with Gasteiger partial charge in [-0.2, -0.15) is 0 Å². The van der Waals surface area contributed by atoms with Crippen LogP contribution in [0.3, 0.4) is 0 Å². The third kappa shape index (κ3) is 0.922. The summed E-state index contributed by atoms with van der Waals surface area (Å²) < 4.78 is 0. The maximum Gasteiger partial charge on any atom is 0.260 e. The van der Waals surface area contributed by atoms with Crippen molar-refractivity contribution in [3.05, 3.63) is 23.8 Å². The van der Waals surface area contributed by atoms with Crippen molar-refractivity contribution >= 4 is 17.3 Å². The van der Waals surface area contributed by atoms with E-state index < -0.39 is 11.5 Å². The Balaban J connectivity index is 2.68. The summed E-state index contributed by atoms with van der Waals surface area (Å²) in [5, 5.41) is 12.3. The van der Waals surface area contributed by atoms with Crippen LogP contribution in [0.25, 0.3) is 0 Å². The van der Waals surface area contributed by atoms with E-state index in [0.717, 1.165) is 0 Å². The molecule has 0 saturated heterocycles. The van der Waals surface area contributed by atoms with Crippen molar-refractivity contribution in [1.82, 2.24) is 0 Å². The maximum atomic E-state index is 11.3. The molecule has 1 amide bonds. The van der Waals surface area contributed by atoms with Crippen LogP contribution in [0.15, 0.2) is 18.2 Å². The van der Waals surface area contributed by atoms with Gasteiger partial charge in [-0.05, 0) is 13.0 Å². The van der Waals surface area contributed by atoms with Crippen LogP contribution in [0.1, 0.15) is 12.5 Å².